The fourth-order valence-electron chi connectivity index (χ4n) is 3.96. The summed E-state index contributed by atoms with van der Waals surface area (Å²) < 4.78 is 6.46. The van der Waals surface area contributed by atoms with Crippen molar-refractivity contribution in [2.24, 2.45) is 0 Å². The van der Waals surface area contributed by atoms with Crippen molar-refractivity contribution in [3.63, 3.8) is 0 Å². The topological polar surface area (TPSA) is 55.3 Å². The third-order valence-electron chi connectivity index (χ3n) is 5.14. The summed E-state index contributed by atoms with van der Waals surface area (Å²) in [5.41, 5.74) is 0. The summed E-state index contributed by atoms with van der Waals surface area (Å²) in [4.78, 5) is 28.6. The van der Waals surface area contributed by atoms with E-state index in [1.54, 1.807) is 59.7 Å². The SMILES string of the molecule is CC(C)(C)P(Oc1cccc(P([O-])([O-])(C(C)(C)C)C(C)(C)C)c1)C(C)(C)C. The average Bonchev–Trinajstić information content (AvgIpc) is 2.40. The van der Waals surface area contributed by atoms with Gasteiger partial charge in [0.2, 0.25) is 0 Å². The van der Waals surface area contributed by atoms with Crippen LogP contribution in [0.15, 0.2) is 24.3 Å². The molecule has 0 aliphatic heterocycles. The van der Waals surface area contributed by atoms with Gasteiger partial charge in [0.15, 0.2) is 0 Å². The molecule has 0 amide bonds. The van der Waals surface area contributed by atoms with Crippen LogP contribution >= 0.6 is 15.2 Å². The minimum absolute atomic E-state index is 0.0158. The van der Waals surface area contributed by atoms with Gasteiger partial charge in [-0.15, -0.1) is 0 Å². The van der Waals surface area contributed by atoms with E-state index in [1.165, 1.54) is 0 Å². The van der Waals surface area contributed by atoms with Crippen LogP contribution in [-0.4, -0.2) is 20.6 Å². The normalized spacial score (nSPS) is 16.2. The van der Waals surface area contributed by atoms with E-state index in [9.17, 15) is 9.79 Å². The van der Waals surface area contributed by atoms with Crippen molar-refractivity contribution >= 4 is 20.5 Å². The van der Waals surface area contributed by atoms with Gasteiger partial charge in [0.1, 0.15) is 0 Å². The van der Waals surface area contributed by atoms with Gasteiger partial charge in [-0.05, 0) is 0 Å². The van der Waals surface area contributed by atoms with Crippen molar-refractivity contribution in [1.29, 1.82) is 0 Å². The van der Waals surface area contributed by atoms with Gasteiger partial charge in [-0.3, -0.25) is 0 Å². The summed E-state index contributed by atoms with van der Waals surface area (Å²) in [6, 6.07) is 7.13. The van der Waals surface area contributed by atoms with E-state index in [1.807, 2.05) is 6.07 Å². The summed E-state index contributed by atoms with van der Waals surface area (Å²) in [5.74, 6) is 0.637. The monoisotopic (exact) mass is 414 g/mol. The molecule has 0 radical (unpaired) electrons. The van der Waals surface area contributed by atoms with Gasteiger partial charge in [0.25, 0.3) is 0 Å². The van der Waals surface area contributed by atoms with Crippen LogP contribution in [0.2, 0.25) is 0 Å². The molecule has 0 aromatic heterocycles. The van der Waals surface area contributed by atoms with E-state index >= 15 is 0 Å². The number of hydrogen-bond acceptors (Lipinski definition) is 3. The molecular formula is C22H40O3P2-2. The first-order chi connectivity index (χ1) is 11.6. The zero-order valence-corrected chi connectivity index (χ0v) is 21.2. The predicted molar refractivity (Wildman–Crippen MR) is 120 cm³/mol. The Hall–Kier alpha value is -0.200. The Morgan fingerprint density at radius 1 is 0.741 bits per heavy atom. The Morgan fingerprint density at radius 3 is 1.48 bits per heavy atom. The molecule has 5 heteroatoms. The number of hydrogen-bond donors (Lipinski definition) is 0. The van der Waals surface area contributed by atoms with Crippen LogP contribution < -0.4 is 19.6 Å². The summed E-state index contributed by atoms with van der Waals surface area (Å²) in [7, 11) is -5.61. The Bertz CT molecular complexity index is 637. The van der Waals surface area contributed by atoms with Crippen molar-refractivity contribution in [1.82, 2.24) is 0 Å². The molecule has 1 aromatic rings. The zero-order valence-electron chi connectivity index (χ0n) is 19.4. The van der Waals surface area contributed by atoms with E-state index in [0.29, 0.717) is 11.1 Å². The molecule has 0 aliphatic rings. The van der Waals surface area contributed by atoms with Gasteiger partial charge in [0, 0.05) is 0 Å². The van der Waals surface area contributed by atoms with E-state index in [-0.39, 0.29) is 10.3 Å². The van der Waals surface area contributed by atoms with Crippen molar-refractivity contribution in [3.05, 3.63) is 24.3 Å². The molecule has 0 bridgehead atoms. The van der Waals surface area contributed by atoms with E-state index in [4.69, 9.17) is 4.52 Å². The van der Waals surface area contributed by atoms with Crippen LogP contribution in [0.1, 0.15) is 83.1 Å². The summed E-state index contributed by atoms with van der Waals surface area (Å²) in [6.07, 6.45) is 0. The fraction of sp³-hybridized carbons (Fsp3) is 0.727. The first-order valence-electron chi connectivity index (χ1n) is 9.69. The molecule has 0 atom stereocenters. The molecular weight excluding hydrogens is 374 g/mol. The van der Waals surface area contributed by atoms with E-state index < -0.39 is 25.5 Å². The molecule has 0 saturated carbocycles. The molecule has 158 valence electrons. The van der Waals surface area contributed by atoms with Gasteiger partial charge in [0.05, 0.1) is 0 Å². The minimum atomic E-state index is -4.78. The predicted octanol–water partition coefficient (Wildman–Crippen LogP) is 5.39. The van der Waals surface area contributed by atoms with Gasteiger partial charge in [-0.25, -0.2) is 0 Å². The quantitative estimate of drug-likeness (QED) is 0.624. The first-order valence-corrected chi connectivity index (χ1v) is 13.0. The van der Waals surface area contributed by atoms with Gasteiger partial charge in [-0.1, -0.05) is 0 Å². The van der Waals surface area contributed by atoms with Gasteiger partial charge < -0.3 is 0 Å². The first kappa shape index (κ1) is 24.8. The maximum atomic E-state index is 14.3. The van der Waals surface area contributed by atoms with Crippen LogP contribution in [0.5, 0.6) is 5.75 Å². The fourth-order valence-corrected chi connectivity index (χ4v) is 11.1. The zero-order chi connectivity index (χ0) is 21.7. The molecule has 0 heterocycles. The summed E-state index contributed by atoms with van der Waals surface area (Å²) in [6.45, 7) is 23.8. The standard InChI is InChI=1S/C22H40O3P2/c1-19(2,3)26(20(4,5)6)25-17-14-13-15-18(16-17)27(23,24,21(7,8)9)22(10,11)12/h13-16H,1-12H3/q-2. The van der Waals surface area contributed by atoms with Crippen LogP contribution in [-0.2, 0) is 0 Å². The van der Waals surface area contributed by atoms with Crippen LogP contribution in [0.4, 0.5) is 0 Å². The average molecular weight is 415 g/mol. The molecule has 1 aromatic carbocycles. The van der Waals surface area contributed by atoms with Crippen LogP contribution in [0, 0.1) is 0 Å². The molecule has 0 unspecified atom stereocenters. The third kappa shape index (κ3) is 4.37. The van der Waals surface area contributed by atoms with Gasteiger partial charge in [-0.2, -0.15) is 0 Å². The van der Waals surface area contributed by atoms with E-state index in [0.717, 1.165) is 0 Å². The maximum absolute atomic E-state index is 14.3. The molecule has 3 nitrogen and oxygen atoms in total. The second-order valence-corrected chi connectivity index (χ2v) is 20.1. The van der Waals surface area contributed by atoms with Crippen molar-refractivity contribution < 1.29 is 14.3 Å². The molecule has 0 aliphatic carbocycles. The van der Waals surface area contributed by atoms with Crippen molar-refractivity contribution in [2.45, 2.75) is 104 Å². The summed E-state index contributed by atoms with van der Waals surface area (Å²) in [5, 5.41) is -1.46. The second kappa shape index (κ2) is 6.94. The van der Waals surface area contributed by atoms with Crippen molar-refractivity contribution in [2.75, 3.05) is 0 Å². The van der Waals surface area contributed by atoms with Crippen LogP contribution in [0.25, 0.3) is 0 Å². The van der Waals surface area contributed by atoms with Crippen molar-refractivity contribution in [3.8, 4) is 5.75 Å². The number of benzene rings is 1. The Morgan fingerprint density at radius 2 is 1.15 bits per heavy atom. The van der Waals surface area contributed by atoms with Gasteiger partial charge >= 0.3 is 169 Å². The third-order valence-corrected chi connectivity index (χ3v) is 14.1. The summed E-state index contributed by atoms with van der Waals surface area (Å²) >= 11 is 0. The molecule has 1 rings (SSSR count). The second-order valence-electron chi connectivity index (χ2n) is 11.5. The Kier molecular flexibility index (Phi) is 6.39. The Labute approximate surface area is 168 Å². The van der Waals surface area contributed by atoms with E-state index in [2.05, 4.69) is 41.5 Å². The molecule has 0 N–H and O–H groups in total. The Balaban J connectivity index is 3.57. The molecule has 0 saturated heterocycles. The molecule has 0 fully saturated rings. The molecule has 27 heavy (non-hydrogen) atoms. The van der Waals surface area contributed by atoms with Crippen LogP contribution in [0.3, 0.4) is 0 Å². The molecule has 0 spiro atoms. The number of rotatable bonds is 3.